The third-order valence-electron chi connectivity index (χ3n) is 1.47. The molecule has 1 rings (SSSR count). The molecular weight excluding hydrogens is 108 g/mol. The highest BCUT2D eigenvalue weighted by Gasteiger charge is 2.29. The van der Waals surface area contributed by atoms with Crippen LogP contribution >= 0.6 is 0 Å². The molecule has 1 saturated carbocycles. The van der Waals surface area contributed by atoms with Crippen molar-refractivity contribution in [3.05, 3.63) is 0 Å². The standard InChI is InChI=1S/C5H10O3/c6-3-1-4(7)5(8)2-3/h3-8H,1-2H2/t3?,4-,5+. The zero-order valence-corrected chi connectivity index (χ0v) is 4.49. The van der Waals surface area contributed by atoms with Crippen molar-refractivity contribution in [1.29, 1.82) is 0 Å². The summed E-state index contributed by atoms with van der Waals surface area (Å²) in [6, 6.07) is 0. The van der Waals surface area contributed by atoms with Crippen LogP contribution < -0.4 is 0 Å². The third kappa shape index (κ3) is 0.992. The van der Waals surface area contributed by atoms with E-state index in [2.05, 4.69) is 0 Å². The molecule has 0 aromatic carbocycles. The molecule has 0 aromatic heterocycles. The molecule has 3 atom stereocenters. The maximum Gasteiger partial charge on any atom is 0.0824 e. The highest BCUT2D eigenvalue weighted by molar-refractivity contribution is 4.81. The average Bonchev–Trinajstić information content (AvgIpc) is 1.85. The monoisotopic (exact) mass is 118 g/mol. The maximum atomic E-state index is 8.76. The SMILES string of the molecule is OC1C[C@@H](O)[C@@H](O)C1. The molecule has 3 N–H and O–H groups in total. The summed E-state index contributed by atoms with van der Waals surface area (Å²) >= 11 is 0. The second-order valence-corrected chi connectivity index (χ2v) is 2.26. The topological polar surface area (TPSA) is 60.7 Å². The van der Waals surface area contributed by atoms with Gasteiger partial charge in [0.2, 0.25) is 0 Å². The van der Waals surface area contributed by atoms with Crippen LogP contribution in [0.2, 0.25) is 0 Å². The van der Waals surface area contributed by atoms with Crippen LogP contribution in [0.5, 0.6) is 0 Å². The minimum absolute atomic E-state index is 0.321. The molecule has 48 valence electrons. The average molecular weight is 118 g/mol. The minimum Gasteiger partial charge on any atom is -0.393 e. The van der Waals surface area contributed by atoms with Gasteiger partial charge in [0.05, 0.1) is 18.3 Å². The van der Waals surface area contributed by atoms with Crippen LogP contribution in [0.4, 0.5) is 0 Å². The lowest BCUT2D eigenvalue weighted by Crippen LogP contribution is -2.17. The van der Waals surface area contributed by atoms with Crippen LogP contribution in [0.1, 0.15) is 12.8 Å². The maximum absolute atomic E-state index is 8.76. The van der Waals surface area contributed by atoms with Gasteiger partial charge in [0, 0.05) is 12.8 Å². The highest BCUT2D eigenvalue weighted by Crippen LogP contribution is 2.18. The van der Waals surface area contributed by atoms with Crippen molar-refractivity contribution in [2.75, 3.05) is 0 Å². The first kappa shape index (κ1) is 6.01. The Bertz CT molecular complexity index is 73.7. The Morgan fingerprint density at radius 2 is 1.25 bits per heavy atom. The third-order valence-corrected chi connectivity index (χ3v) is 1.47. The van der Waals surface area contributed by atoms with Gasteiger partial charge in [0.15, 0.2) is 0 Å². The predicted molar refractivity (Wildman–Crippen MR) is 27.3 cm³/mol. The molecule has 1 fully saturated rings. The van der Waals surface area contributed by atoms with Crippen LogP contribution in [-0.2, 0) is 0 Å². The lowest BCUT2D eigenvalue weighted by atomic mass is 10.3. The van der Waals surface area contributed by atoms with E-state index in [9.17, 15) is 0 Å². The van der Waals surface area contributed by atoms with Crippen LogP contribution in [0.25, 0.3) is 0 Å². The van der Waals surface area contributed by atoms with Crippen LogP contribution in [-0.4, -0.2) is 33.6 Å². The quantitative estimate of drug-likeness (QED) is 0.377. The molecule has 8 heavy (non-hydrogen) atoms. The first-order chi connectivity index (χ1) is 3.70. The molecule has 0 heterocycles. The number of aliphatic hydroxyl groups is 3. The summed E-state index contributed by atoms with van der Waals surface area (Å²) in [4.78, 5) is 0. The van der Waals surface area contributed by atoms with Gasteiger partial charge in [0.1, 0.15) is 0 Å². The molecule has 0 radical (unpaired) electrons. The molecular formula is C5H10O3. The Labute approximate surface area is 47.6 Å². The summed E-state index contributed by atoms with van der Waals surface area (Å²) in [7, 11) is 0. The fourth-order valence-corrected chi connectivity index (χ4v) is 0.968. The molecule has 1 aliphatic carbocycles. The molecule has 0 bridgehead atoms. The molecule has 1 aliphatic rings. The predicted octanol–water partition coefficient (Wildman–Crippen LogP) is -1.14. The lowest BCUT2D eigenvalue weighted by molar-refractivity contribution is 0.0438. The minimum atomic E-state index is -0.704. The van der Waals surface area contributed by atoms with E-state index in [1.165, 1.54) is 0 Å². The smallest absolute Gasteiger partial charge is 0.0824 e. The molecule has 0 aliphatic heterocycles. The second-order valence-electron chi connectivity index (χ2n) is 2.26. The van der Waals surface area contributed by atoms with E-state index in [1.54, 1.807) is 0 Å². The number of hydrogen-bond acceptors (Lipinski definition) is 3. The Morgan fingerprint density at radius 3 is 1.38 bits per heavy atom. The van der Waals surface area contributed by atoms with Gasteiger partial charge in [-0.15, -0.1) is 0 Å². The van der Waals surface area contributed by atoms with Gasteiger partial charge >= 0.3 is 0 Å². The molecule has 0 aromatic rings. The second kappa shape index (κ2) is 2.01. The van der Waals surface area contributed by atoms with Crippen molar-refractivity contribution in [1.82, 2.24) is 0 Å². The van der Waals surface area contributed by atoms with Crippen LogP contribution in [0, 0.1) is 0 Å². The van der Waals surface area contributed by atoms with E-state index in [1.807, 2.05) is 0 Å². The summed E-state index contributed by atoms with van der Waals surface area (Å²) in [6.07, 6.45) is -1.27. The summed E-state index contributed by atoms with van der Waals surface area (Å²) in [5.41, 5.74) is 0. The Hall–Kier alpha value is -0.120. The summed E-state index contributed by atoms with van der Waals surface area (Å²) in [6.45, 7) is 0. The summed E-state index contributed by atoms with van der Waals surface area (Å²) in [5, 5.41) is 26.3. The van der Waals surface area contributed by atoms with E-state index in [0.717, 1.165) is 0 Å². The van der Waals surface area contributed by atoms with Gasteiger partial charge < -0.3 is 15.3 Å². The molecule has 0 amide bonds. The Morgan fingerprint density at radius 1 is 0.875 bits per heavy atom. The van der Waals surface area contributed by atoms with Crippen molar-refractivity contribution >= 4 is 0 Å². The fraction of sp³-hybridized carbons (Fsp3) is 1.00. The van der Waals surface area contributed by atoms with Crippen LogP contribution in [0.15, 0.2) is 0 Å². The number of aliphatic hydroxyl groups excluding tert-OH is 3. The van der Waals surface area contributed by atoms with E-state index in [0.29, 0.717) is 12.8 Å². The number of rotatable bonds is 0. The van der Waals surface area contributed by atoms with Crippen molar-refractivity contribution < 1.29 is 15.3 Å². The Kier molecular flexibility index (Phi) is 1.51. The lowest BCUT2D eigenvalue weighted by Gasteiger charge is -2.02. The van der Waals surface area contributed by atoms with Crippen molar-refractivity contribution in [2.45, 2.75) is 31.2 Å². The van der Waals surface area contributed by atoms with Crippen molar-refractivity contribution in [3.8, 4) is 0 Å². The summed E-state index contributed by atoms with van der Waals surface area (Å²) in [5.74, 6) is 0. The molecule has 0 spiro atoms. The molecule has 3 heteroatoms. The molecule has 0 saturated heterocycles. The van der Waals surface area contributed by atoms with Crippen LogP contribution in [0.3, 0.4) is 0 Å². The van der Waals surface area contributed by atoms with Gasteiger partial charge in [-0.3, -0.25) is 0 Å². The van der Waals surface area contributed by atoms with Gasteiger partial charge in [0.25, 0.3) is 0 Å². The van der Waals surface area contributed by atoms with Gasteiger partial charge in [-0.25, -0.2) is 0 Å². The normalized spacial score (nSPS) is 47.6. The zero-order valence-electron chi connectivity index (χ0n) is 4.49. The first-order valence-corrected chi connectivity index (χ1v) is 2.74. The van der Waals surface area contributed by atoms with Gasteiger partial charge in [-0.1, -0.05) is 0 Å². The highest BCUT2D eigenvalue weighted by atomic mass is 16.3. The van der Waals surface area contributed by atoms with Crippen molar-refractivity contribution in [3.63, 3.8) is 0 Å². The molecule has 3 nitrogen and oxygen atoms in total. The van der Waals surface area contributed by atoms with Gasteiger partial charge in [-0.2, -0.15) is 0 Å². The van der Waals surface area contributed by atoms with E-state index >= 15 is 0 Å². The van der Waals surface area contributed by atoms with E-state index < -0.39 is 18.3 Å². The number of hydrogen-bond donors (Lipinski definition) is 3. The zero-order chi connectivity index (χ0) is 6.15. The fourth-order valence-electron chi connectivity index (χ4n) is 0.968. The van der Waals surface area contributed by atoms with Crippen molar-refractivity contribution in [2.24, 2.45) is 0 Å². The largest absolute Gasteiger partial charge is 0.393 e. The summed E-state index contributed by atoms with van der Waals surface area (Å²) < 4.78 is 0. The first-order valence-electron chi connectivity index (χ1n) is 2.74. The van der Waals surface area contributed by atoms with Gasteiger partial charge in [-0.05, 0) is 0 Å². The van der Waals surface area contributed by atoms with E-state index in [4.69, 9.17) is 15.3 Å². The van der Waals surface area contributed by atoms with E-state index in [-0.39, 0.29) is 0 Å². The Balaban J connectivity index is 2.39. The molecule has 1 unspecified atom stereocenters.